The van der Waals surface area contributed by atoms with Crippen LogP contribution in [-0.4, -0.2) is 8.68 Å². The number of rotatable bonds is 3. The summed E-state index contributed by atoms with van der Waals surface area (Å²) in [7, 11) is -5.62. The van der Waals surface area contributed by atoms with E-state index in [2.05, 4.69) is 0 Å². The van der Waals surface area contributed by atoms with Crippen LogP contribution in [0.25, 0.3) is 0 Å². The van der Waals surface area contributed by atoms with Gasteiger partial charge in [0.1, 0.15) is 0 Å². The fourth-order valence-corrected chi connectivity index (χ4v) is 7.11. The second kappa shape index (κ2) is 5.04. The standard InChI is InChI=1S/C18H21F2N2P/c1-14-10-11-15(2)21(14)23(19,20,18-8-6-5-7-9-18)22-16(3)12-13-17(22)4/h5-13H,1-4H3. The van der Waals surface area contributed by atoms with Gasteiger partial charge in [0.15, 0.2) is 0 Å². The summed E-state index contributed by atoms with van der Waals surface area (Å²) in [6.07, 6.45) is 0. The Morgan fingerprint density at radius 1 is 0.609 bits per heavy atom. The molecule has 0 aliphatic heterocycles. The van der Waals surface area contributed by atoms with Crippen molar-refractivity contribution in [3.05, 3.63) is 77.4 Å². The number of nitrogens with zero attached hydrogens (tertiary/aromatic N) is 2. The minimum atomic E-state index is -5.62. The maximum absolute atomic E-state index is 16.8. The number of halogens is 2. The van der Waals surface area contributed by atoms with E-state index < -0.39 is 7.53 Å². The van der Waals surface area contributed by atoms with Crippen molar-refractivity contribution in [2.45, 2.75) is 27.7 Å². The van der Waals surface area contributed by atoms with Crippen LogP contribution in [0.15, 0.2) is 54.6 Å². The molecule has 0 radical (unpaired) electrons. The molecule has 2 heterocycles. The molecule has 122 valence electrons. The summed E-state index contributed by atoms with van der Waals surface area (Å²) in [5.41, 5.74) is 2.28. The fraction of sp³-hybridized carbons (Fsp3) is 0.222. The summed E-state index contributed by atoms with van der Waals surface area (Å²) in [5.74, 6) is 0. The first-order chi connectivity index (χ1) is 10.8. The molecule has 0 saturated carbocycles. The molecule has 0 saturated heterocycles. The van der Waals surface area contributed by atoms with Gasteiger partial charge in [-0.25, -0.2) is 0 Å². The van der Waals surface area contributed by atoms with Crippen molar-refractivity contribution in [3.63, 3.8) is 0 Å². The first-order valence-corrected chi connectivity index (χ1v) is 9.51. The Labute approximate surface area is 135 Å². The topological polar surface area (TPSA) is 9.86 Å². The van der Waals surface area contributed by atoms with Crippen molar-refractivity contribution in [3.8, 4) is 0 Å². The molecule has 3 aromatic rings. The van der Waals surface area contributed by atoms with Gasteiger partial charge in [0.05, 0.1) is 0 Å². The first kappa shape index (κ1) is 15.9. The fourth-order valence-electron chi connectivity index (χ4n) is 3.39. The third-order valence-corrected chi connectivity index (χ3v) is 8.11. The molecule has 0 fully saturated rings. The van der Waals surface area contributed by atoms with Crippen LogP contribution in [0, 0.1) is 27.7 Å². The van der Waals surface area contributed by atoms with E-state index in [0.29, 0.717) is 22.8 Å². The minimum absolute atomic E-state index is 0.0725. The Hall–Kier alpha value is -1.93. The molecule has 2 nitrogen and oxygen atoms in total. The van der Waals surface area contributed by atoms with Crippen molar-refractivity contribution in [2.24, 2.45) is 0 Å². The Balaban J connectivity index is 2.50. The third-order valence-electron chi connectivity index (χ3n) is 4.33. The van der Waals surface area contributed by atoms with Gasteiger partial charge < -0.3 is 0 Å². The van der Waals surface area contributed by atoms with Crippen LogP contribution in [-0.2, 0) is 0 Å². The van der Waals surface area contributed by atoms with Crippen molar-refractivity contribution in [2.75, 3.05) is 0 Å². The normalized spacial score (nSPS) is 13.7. The predicted molar refractivity (Wildman–Crippen MR) is 93.8 cm³/mol. The van der Waals surface area contributed by atoms with E-state index in [9.17, 15) is 0 Å². The van der Waals surface area contributed by atoms with E-state index in [1.165, 1.54) is 20.8 Å². The zero-order chi connectivity index (χ0) is 16.9. The quantitative estimate of drug-likeness (QED) is 0.568. The van der Waals surface area contributed by atoms with Gasteiger partial charge >= 0.3 is 135 Å². The Morgan fingerprint density at radius 2 is 0.957 bits per heavy atom. The van der Waals surface area contributed by atoms with Crippen molar-refractivity contribution in [1.29, 1.82) is 0 Å². The molecule has 0 amide bonds. The van der Waals surface area contributed by atoms with E-state index in [4.69, 9.17) is 0 Å². The molecule has 0 N–H and O–H groups in total. The van der Waals surface area contributed by atoms with Crippen LogP contribution in [0.1, 0.15) is 22.8 Å². The van der Waals surface area contributed by atoms with Crippen LogP contribution < -0.4 is 5.30 Å². The second-order valence-corrected chi connectivity index (χ2v) is 8.98. The SMILES string of the molecule is Cc1ccc(C)n1P(F)(F)(c1ccccc1)n1c(C)ccc1C. The zero-order valence-electron chi connectivity index (χ0n) is 13.8. The predicted octanol–water partition coefficient (Wildman–Crippen LogP) is 5.40. The van der Waals surface area contributed by atoms with Crippen molar-refractivity contribution in [1.82, 2.24) is 8.68 Å². The molecule has 0 bridgehead atoms. The number of aryl methyl sites for hydroxylation is 4. The first-order valence-electron chi connectivity index (χ1n) is 7.59. The van der Waals surface area contributed by atoms with Gasteiger partial charge in [0, 0.05) is 0 Å². The Morgan fingerprint density at radius 3 is 1.30 bits per heavy atom. The van der Waals surface area contributed by atoms with Gasteiger partial charge in [-0.1, -0.05) is 0 Å². The van der Waals surface area contributed by atoms with E-state index in [1.807, 2.05) is 0 Å². The molecule has 5 heteroatoms. The van der Waals surface area contributed by atoms with Gasteiger partial charge in [0.25, 0.3) is 0 Å². The molecule has 0 unspecified atom stereocenters. The Kier molecular flexibility index (Phi) is 3.49. The van der Waals surface area contributed by atoms with E-state index in [1.54, 1.807) is 70.2 Å². The molecular weight excluding hydrogens is 313 g/mol. The van der Waals surface area contributed by atoms with Crippen molar-refractivity contribution >= 4 is 12.8 Å². The molecule has 2 aromatic heterocycles. The summed E-state index contributed by atoms with van der Waals surface area (Å²) < 4.78 is 36.1. The summed E-state index contributed by atoms with van der Waals surface area (Å²) in [6.45, 7) is 6.96. The summed E-state index contributed by atoms with van der Waals surface area (Å²) in [4.78, 5) is 0. The zero-order valence-corrected chi connectivity index (χ0v) is 14.7. The van der Waals surface area contributed by atoms with Gasteiger partial charge in [0.2, 0.25) is 0 Å². The van der Waals surface area contributed by atoms with Crippen LogP contribution in [0.4, 0.5) is 8.39 Å². The molecule has 23 heavy (non-hydrogen) atoms. The number of benzene rings is 1. The number of hydrogen-bond acceptors (Lipinski definition) is 0. The molecule has 0 aliphatic rings. The summed E-state index contributed by atoms with van der Waals surface area (Å²) in [6, 6.07) is 15.2. The van der Waals surface area contributed by atoms with Crippen LogP contribution in [0.3, 0.4) is 0 Å². The van der Waals surface area contributed by atoms with E-state index >= 15 is 8.39 Å². The van der Waals surface area contributed by atoms with Gasteiger partial charge in [-0.2, -0.15) is 0 Å². The van der Waals surface area contributed by atoms with Crippen molar-refractivity contribution < 1.29 is 8.39 Å². The van der Waals surface area contributed by atoms with Crippen LogP contribution in [0.5, 0.6) is 0 Å². The Bertz CT molecular complexity index is 773. The second-order valence-electron chi connectivity index (χ2n) is 6.02. The monoisotopic (exact) mass is 334 g/mol. The van der Waals surface area contributed by atoms with Crippen LogP contribution >= 0.6 is 7.53 Å². The molecule has 1 aromatic carbocycles. The molecule has 3 rings (SSSR count). The number of hydrogen-bond donors (Lipinski definition) is 0. The van der Waals surface area contributed by atoms with Gasteiger partial charge in [-0.15, -0.1) is 0 Å². The van der Waals surface area contributed by atoms with Gasteiger partial charge in [-0.05, 0) is 0 Å². The van der Waals surface area contributed by atoms with E-state index in [-0.39, 0.29) is 5.30 Å². The third kappa shape index (κ3) is 2.08. The van der Waals surface area contributed by atoms with E-state index in [0.717, 1.165) is 0 Å². The summed E-state index contributed by atoms with van der Waals surface area (Å²) >= 11 is 0. The molecule has 0 spiro atoms. The molecule has 0 aliphatic carbocycles. The number of aromatic nitrogens is 2. The average Bonchev–Trinajstić information content (AvgIpc) is 3.03. The molecule has 0 atom stereocenters. The average molecular weight is 334 g/mol. The van der Waals surface area contributed by atoms with Gasteiger partial charge in [-0.3, -0.25) is 0 Å². The summed E-state index contributed by atoms with van der Waals surface area (Å²) in [5, 5.41) is 0.0725. The van der Waals surface area contributed by atoms with Crippen LogP contribution in [0.2, 0.25) is 0 Å². The maximum atomic E-state index is 16.8. The molecular formula is C18H21F2N2P.